The number of aliphatic carboxylic acids is 1. The van der Waals surface area contributed by atoms with Crippen molar-refractivity contribution in [2.45, 2.75) is 6.92 Å². The molecule has 0 atom stereocenters. The number of hydrogen-bond donors (Lipinski definition) is 3. The van der Waals surface area contributed by atoms with Gasteiger partial charge in [0, 0.05) is 5.57 Å². The summed E-state index contributed by atoms with van der Waals surface area (Å²) < 4.78 is 27.5. The quantitative estimate of drug-likeness (QED) is 0.328. The summed E-state index contributed by atoms with van der Waals surface area (Å²) in [4.78, 5) is 20.3. The Kier molecular flexibility index (Phi) is 9.68. The molecule has 3 N–H and O–H groups in total. The summed E-state index contributed by atoms with van der Waals surface area (Å²) in [7, 11) is 0. The second-order valence-corrected chi connectivity index (χ2v) is 2.92. The minimum absolute atomic E-state index is 0.196. The van der Waals surface area contributed by atoms with Crippen LogP contribution in [0.5, 0.6) is 0 Å². The fraction of sp³-hybridized carbons (Fsp3) is 0.333. The Morgan fingerprint density at radius 1 is 1.43 bits per heavy atom. The monoisotopic (exact) mass is 242 g/mol. The predicted octanol–water partition coefficient (Wildman–Crippen LogP) is -1.04. The first kappa shape index (κ1) is 15.6. The molecule has 0 unspecified atom stereocenters. The summed E-state index contributed by atoms with van der Waals surface area (Å²) in [6.07, 6.45) is 0. The van der Waals surface area contributed by atoms with E-state index >= 15 is 0 Å². The Bertz CT molecular complexity index is 243. The molecular weight excluding hydrogens is 232 g/mol. The molecule has 80 valence electrons. The topological polar surface area (TPSA) is 121 Å². The number of carboxylic acids is 1. The zero-order valence-electron chi connectivity index (χ0n) is 7.39. The van der Waals surface area contributed by atoms with Gasteiger partial charge in [0.25, 0.3) is 0 Å². The SMILES string of the molecule is C=C(C)C(=O)OCC(=O)O.[O]=[Ti]([OH])[OH]. The zero-order chi connectivity index (χ0) is 11.7. The third-order valence-corrected chi connectivity index (χ3v) is 0.675. The van der Waals surface area contributed by atoms with Crippen LogP contribution in [0.4, 0.5) is 0 Å². The van der Waals surface area contributed by atoms with Gasteiger partial charge in [0.2, 0.25) is 0 Å². The molecule has 0 fully saturated rings. The first-order valence-electron chi connectivity index (χ1n) is 3.23. The molecule has 0 amide bonds. The summed E-state index contributed by atoms with van der Waals surface area (Å²) in [5.41, 5.74) is 0.196. The van der Waals surface area contributed by atoms with Gasteiger partial charge in [-0.2, -0.15) is 0 Å². The van der Waals surface area contributed by atoms with Crippen LogP contribution < -0.4 is 0 Å². The molecule has 0 spiro atoms. The second-order valence-electron chi connectivity index (χ2n) is 2.03. The Balaban J connectivity index is 0. The summed E-state index contributed by atoms with van der Waals surface area (Å²) in [6.45, 7) is 4.11. The number of esters is 1. The first-order chi connectivity index (χ1) is 6.27. The van der Waals surface area contributed by atoms with Crippen LogP contribution in [0, 0.1) is 0 Å². The molecule has 0 bridgehead atoms. The van der Waals surface area contributed by atoms with Gasteiger partial charge in [-0.05, 0) is 6.92 Å². The van der Waals surface area contributed by atoms with E-state index in [9.17, 15) is 9.59 Å². The maximum absolute atomic E-state index is 10.5. The van der Waals surface area contributed by atoms with E-state index < -0.39 is 37.2 Å². The van der Waals surface area contributed by atoms with Gasteiger partial charge in [-0.15, -0.1) is 0 Å². The number of carbonyl (C=O) groups is 2. The van der Waals surface area contributed by atoms with Gasteiger partial charge in [0.05, 0.1) is 0 Å². The average Bonchev–Trinajstić information content (AvgIpc) is 1.98. The van der Waals surface area contributed by atoms with Crippen LogP contribution in [-0.4, -0.2) is 31.0 Å². The van der Waals surface area contributed by atoms with Crippen molar-refractivity contribution in [3.8, 4) is 0 Å². The molecule has 0 aromatic heterocycles. The van der Waals surface area contributed by atoms with Gasteiger partial charge < -0.3 is 9.84 Å². The van der Waals surface area contributed by atoms with Gasteiger partial charge in [-0.25, -0.2) is 9.59 Å². The van der Waals surface area contributed by atoms with Crippen molar-refractivity contribution < 1.29 is 48.7 Å². The number of carboxylic acid groups (broad SMARTS) is 1. The molecule has 0 aliphatic carbocycles. The molecule has 14 heavy (non-hydrogen) atoms. The fourth-order valence-corrected chi connectivity index (χ4v) is 0.250. The molecule has 0 saturated heterocycles. The van der Waals surface area contributed by atoms with Crippen LogP contribution in [0.2, 0.25) is 0 Å². The normalized spacial score (nSPS) is 7.93. The molecule has 0 aromatic rings. The van der Waals surface area contributed by atoms with Crippen molar-refractivity contribution in [3.05, 3.63) is 12.2 Å². The number of hydrogen-bond acceptors (Lipinski definition) is 4. The van der Waals surface area contributed by atoms with Crippen LogP contribution in [0.1, 0.15) is 6.92 Å². The van der Waals surface area contributed by atoms with E-state index in [-0.39, 0.29) is 5.57 Å². The maximum atomic E-state index is 10.5. The third kappa shape index (κ3) is 17.3. The average molecular weight is 242 g/mol. The standard InChI is InChI=1S/C6H8O4.2H2O.O.Ti/c1-4(2)6(9)10-3-5(7)8;;;;/h1,3H2,2H3,(H,7,8);2*1H2;;/q;;;;+2/p-2. The van der Waals surface area contributed by atoms with Crippen LogP contribution >= 0.6 is 0 Å². The van der Waals surface area contributed by atoms with Gasteiger partial charge in [0.1, 0.15) is 0 Å². The number of rotatable bonds is 3. The fourth-order valence-electron chi connectivity index (χ4n) is 0.250. The zero-order valence-corrected chi connectivity index (χ0v) is 8.95. The molecule has 0 aromatic carbocycles. The molecule has 0 aliphatic heterocycles. The molecule has 0 aliphatic rings. The molecule has 8 heteroatoms. The summed E-state index contributed by atoms with van der Waals surface area (Å²) >= 11 is -3.58. The van der Waals surface area contributed by atoms with Crippen LogP contribution in [0.25, 0.3) is 0 Å². The Morgan fingerprint density at radius 2 is 1.79 bits per heavy atom. The Labute approximate surface area is 86.7 Å². The van der Waals surface area contributed by atoms with Crippen molar-refractivity contribution in [2.24, 2.45) is 0 Å². The third-order valence-electron chi connectivity index (χ3n) is 0.675. The van der Waals surface area contributed by atoms with Gasteiger partial charge in [-0.1, -0.05) is 6.58 Å². The Morgan fingerprint density at radius 3 is 2.00 bits per heavy atom. The van der Waals surface area contributed by atoms with Crippen molar-refractivity contribution >= 4 is 11.9 Å². The van der Waals surface area contributed by atoms with E-state index in [4.69, 9.17) is 15.8 Å². The van der Waals surface area contributed by atoms with Crippen molar-refractivity contribution in [1.82, 2.24) is 0 Å². The molecular formula is C6H10O7Ti. The van der Waals surface area contributed by atoms with Crippen LogP contribution in [0.15, 0.2) is 12.2 Å². The number of carbonyl (C=O) groups excluding carboxylic acids is 1. The molecule has 0 radical (unpaired) electrons. The van der Waals surface area contributed by atoms with E-state index in [0.717, 1.165) is 0 Å². The number of ether oxygens (including phenoxy) is 1. The molecule has 0 rings (SSSR count). The molecule has 0 saturated carbocycles. The minimum atomic E-state index is -3.58. The Hall–Kier alpha value is -0.886. The van der Waals surface area contributed by atoms with E-state index in [2.05, 4.69) is 11.3 Å². The van der Waals surface area contributed by atoms with Gasteiger partial charge >= 0.3 is 41.3 Å². The summed E-state index contributed by atoms with van der Waals surface area (Å²) in [6, 6.07) is 0. The van der Waals surface area contributed by atoms with E-state index in [1.54, 1.807) is 0 Å². The van der Waals surface area contributed by atoms with E-state index in [1.165, 1.54) is 6.92 Å². The van der Waals surface area contributed by atoms with Crippen molar-refractivity contribution in [3.63, 3.8) is 0 Å². The first-order valence-corrected chi connectivity index (χ1v) is 5.27. The molecule has 7 nitrogen and oxygen atoms in total. The summed E-state index contributed by atoms with van der Waals surface area (Å²) in [5, 5.41) is 8.04. The summed E-state index contributed by atoms with van der Waals surface area (Å²) in [5.74, 6) is -1.85. The molecule has 0 heterocycles. The van der Waals surface area contributed by atoms with Gasteiger partial charge in [-0.3, -0.25) is 0 Å². The van der Waals surface area contributed by atoms with Crippen LogP contribution in [0.3, 0.4) is 0 Å². The van der Waals surface area contributed by atoms with E-state index in [1.807, 2.05) is 0 Å². The van der Waals surface area contributed by atoms with Crippen molar-refractivity contribution in [1.29, 1.82) is 0 Å². The predicted molar refractivity (Wildman–Crippen MR) is 38.5 cm³/mol. The van der Waals surface area contributed by atoms with Crippen molar-refractivity contribution in [2.75, 3.05) is 6.61 Å². The van der Waals surface area contributed by atoms with E-state index in [0.29, 0.717) is 0 Å². The van der Waals surface area contributed by atoms with Gasteiger partial charge in [0.15, 0.2) is 6.61 Å². The second kappa shape index (κ2) is 8.70. The van der Waals surface area contributed by atoms with Crippen LogP contribution in [-0.2, 0) is 36.3 Å².